The largest absolute Gasteiger partial charge is 0.480 e. The standard InChI is InChI=1S/C28H50N6O12/c1-2-3-4-5-29-28(45)27-26(44)25(43)24(42)19(46-27)14-30-20(35)15-31-6-8-32(16-21(36)37)10-12-34(18-23(40)41)13-11-33(9-7-31)17-22(38)39/h19,24-27,42-44H,2-18H2,1H3,(H,29,45)(H,30,35)(H,36,37)(H,38,39)(H,40,41). The third kappa shape index (κ3) is 14.2. The average molecular weight is 663 g/mol. The minimum atomic E-state index is -1.69. The molecule has 5 atom stereocenters. The maximum atomic E-state index is 13.0. The van der Waals surface area contributed by atoms with Crippen LogP contribution in [0, 0.1) is 0 Å². The smallest absolute Gasteiger partial charge is 0.317 e. The molecule has 2 aliphatic rings. The summed E-state index contributed by atoms with van der Waals surface area (Å²) in [5, 5.41) is 64.4. The number of ether oxygens (including phenoxy) is 1. The van der Waals surface area contributed by atoms with E-state index in [1.54, 1.807) is 19.6 Å². The van der Waals surface area contributed by atoms with Gasteiger partial charge in [-0.05, 0) is 6.42 Å². The molecule has 2 heterocycles. The number of aliphatic hydroxyl groups excluding tert-OH is 3. The summed E-state index contributed by atoms with van der Waals surface area (Å²) in [5.41, 5.74) is 0. The Kier molecular flexibility index (Phi) is 17.3. The Labute approximate surface area is 267 Å². The number of nitrogens with one attached hydrogen (secondary N) is 2. The number of carbonyl (C=O) groups is 5. The van der Waals surface area contributed by atoms with Gasteiger partial charge in [-0.15, -0.1) is 0 Å². The molecule has 0 aromatic heterocycles. The quantitative estimate of drug-likeness (QED) is 0.0773. The first-order valence-electron chi connectivity index (χ1n) is 15.6. The summed E-state index contributed by atoms with van der Waals surface area (Å²) >= 11 is 0. The van der Waals surface area contributed by atoms with Crippen LogP contribution in [-0.4, -0.2) is 202 Å². The number of carboxylic acid groups (broad SMARTS) is 3. The number of aliphatic hydroxyl groups is 3. The van der Waals surface area contributed by atoms with Crippen LogP contribution < -0.4 is 10.6 Å². The molecule has 0 saturated carbocycles. The van der Waals surface area contributed by atoms with Crippen molar-refractivity contribution in [3.63, 3.8) is 0 Å². The maximum Gasteiger partial charge on any atom is 0.317 e. The van der Waals surface area contributed by atoms with Crippen molar-refractivity contribution in [3.05, 3.63) is 0 Å². The highest BCUT2D eigenvalue weighted by Crippen LogP contribution is 2.21. The predicted molar refractivity (Wildman–Crippen MR) is 161 cm³/mol. The molecular weight excluding hydrogens is 612 g/mol. The van der Waals surface area contributed by atoms with Crippen LogP contribution in [0.15, 0.2) is 0 Å². The summed E-state index contributed by atoms with van der Waals surface area (Å²) in [6, 6.07) is 0. The van der Waals surface area contributed by atoms with Gasteiger partial charge in [0.05, 0.1) is 26.2 Å². The zero-order valence-electron chi connectivity index (χ0n) is 26.3. The highest BCUT2D eigenvalue weighted by molar-refractivity contribution is 5.81. The SMILES string of the molecule is CCCCCNC(=O)C1OC(CNC(=O)CN2CCN(CC(=O)O)CCN(CC(=O)O)CCN(CC(=O)O)CC2)C(O)C(O)C1O. The first-order valence-corrected chi connectivity index (χ1v) is 15.6. The van der Waals surface area contributed by atoms with E-state index in [2.05, 4.69) is 10.6 Å². The molecule has 2 fully saturated rings. The van der Waals surface area contributed by atoms with Gasteiger partial charge in [0, 0.05) is 65.4 Å². The van der Waals surface area contributed by atoms with Gasteiger partial charge in [-0.25, -0.2) is 0 Å². The highest BCUT2D eigenvalue weighted by atomic mass is 16.5. The summed E-state index contributed by atoms with van der Waals surface area (Å²) in [6.07, 6.45) is -5.06. The van der Waals surface area contributed by atoms with Crippen LogP contribution in [0.4, 0.5) is 0 Å². The number of carboxylic acids is 3. The van der Waals surface area contributed by atoms with Crippen LogP contribution in [0.2, 0.25) is 0 Å². The van der Waals surface area contributed by atoms with Crippen molar-refractivity contribution in [2.24, 2.45) is 0 Å². The van der Waals surface area contributed by atoms with Crippen LogP contribution in [0.25, 0.3) is 0 Å². The minimum absolute atomic E-state index is 0.178. The van der Waals surface area contributed by atoms with E-state index in [4.69, 9.17) is 4.74 Å². The molecule has 0 aromatic rings. The Hall–Kier alpha value is -2.97. The molecule has 0 bridgehead atoms. The number of aliphatic carboxylic acids is 3. The third-order valence-corrected chi connectivity index (χ3v) is 7.92. The minimum Gasteiger partial charge on any atom is -0.480 e. The van der Waals surface area contributed by atoms with E-state index in [0.717, 1.165) is 19.3 Å². The van der Waals surface area contributed by atoms with E-state index >= 15 is 0 Å². The zero-order chi connectivity index (χ0) is 34.2. The molecule has 0 aromatic carbocycles. The zero-order valence-corrected chi connectivity index (χ0v) is 26.3. The van der Waals surface area contributed by atoms with E-state index in [1.807, 2.05) is 6.92 Å². The monoisotopic (exact) mass is 662 g/mol. The number of hydrogen-bond donors (Lipinski definition) is 8. The fourth-order valence-electron chi connectivity index (χ4n) is 5.28. The predicted octanol–water partition coefficient (Wildman–Crippen LogP) is -4.27. The Bertz CT molecular complexity index is 974. The first kappa shape index (κ1) is 39.2. The van der Waals surface area contributed by atoms with Gasteiger partial charge in [0.2, 0.25) is 5.91 Å². The molecule has 18 heteroatoms. The number of nitrogens with zero attached hydrogens (tertiary/aromatic N) is 4. The Balaban J connectivity index is 2.06. The van der Waals surface area contributed by atoms with Crippen LogP contribution in [0.1, 0.15) is 26.2 Å². The lowest BCUT2D eigenvalue weighted by atomic mass is 9.94. The topological polar surface area (TPSA) is 253 Å². The second-order valence-electron chi connectivity index (χ2n) is 11.7. The van der Waals surface area contributed by atoms with Crippen molar-refractivity contribution in [1.82, 2.24) is 30.2 Å². The van der Waals surface area contributed by atoms with Gasteiger partial charge in [-0.1, -0.05) is 19.8 Å². The van der Waals surface area contributed by atoms with Crippen LogP contribution >= 0.6 is 0 Å². The second-order valence-corrected chi connectivity index (χ2v) is 11.7. The van der Waals surface area contributed by atoms with E-state index in [-0.39, 0.29) is 85.1 Å². The van der Waals surface area contributed by atoms with Crippen molar-refractivity contribution in [3.8, 4) is 0 Å². The van der Waals surface area contributed by atoms with Gasteiger partial charge in [0.1, 0.15) is 24.4 Å². The number of carbonyl (C=O) groups excluding carboxylic acids is 2. The average Bonchev–Trinajstić information content (AvgIpc) is 2.98. The lowest BCUT2D eigenvalue weighted by Crippen LogP contribution is -2.63. The summed E-state index contributed by atoms with van der Waals surface area (Å²) in [6.45, 7) is 2.86. The van der Waals surface area contributed by atoms with Crippen molar-refractivity contribution in [2.75, 3.05) is 91.6 Å². The third-order valence-electron chi connectivity index (χ3n) is 7.92. The molecule has 2 rings (SSSR count). The van der Waals surface area contributed by atoms with E-state index in [1.165, 1.54) is 0 Å². The molecule has 18 nitrogen and oxygen atoms in total. The fraction of sp³-hybridized carbons (Fsp3) is 0.821. The molecule has 0 radical (unpaired) electrons. The molecule has 46 heavy (non-hydrogen) atoms. The fourth-order valence-corrected chi connectivity index (χ4v) is 5.28. The van der Waals surface area contributed by atoms with Gasteiger partial charge < -0.3 is 46.0 Å². The maximum absolute atomic E-state index is 13.0. The molecule has 264 valence electrons. The van der Waals surface area contributed by atoms with Gasteiger partial charge in [0.25, 0.3) is 5.91 Å². The number of rotatable bonds is 15. The molecule has 8 N–H and O–H groups in total. The van der Waals surface area contributed by atoms with Gasteiger partial charge in [-0.2, -0.15) is 0 Å². The highest BCUT2D eigenvalue weighted by Gasteiger charge is 2.46. The summed E-state index contributed by atoms with van der Waals surface area (Å²) in [7, 11) is 0. The molecule has 2 amide bonds. The molecule has 5 unspecified atom stereocenters. The van der Waals surface area contributed by atoms with Crippen LogP contribution in [0.5, 0.6) is 0 Å². The van der Waals surface area contributed by atoms with Crippen molar-refractivity contribution in [1.29, 1.82) is 0 Å². The molecule has 2 aliphatic heterocycles. The summed E-state index contributed by atoms with van der Waals surface area (Å²) in [5.74, 6) is -4.35. The van der Waals surface area contributed by atoms with Gasteiger partial charge in [-0.3, -0.25) is 43.6 Å². The number of amides is 2. The van der Waals surface area contributed by atoms with E-state index in [0.29, 0.717) is 6.54 Å². The Morgan fingerprint density at radius 2 is 1.07 bits per heavy atom. The second kappa shape index (κ2) is 20.3. The van der Waals surface area contributed by atoms with Crippen LogP contribution in [0.3, 0.4) is 0 Å². The number of unbranched alkanes of at least 4 members (excludes halogenated alkanes) is 2. The normalized spacial score (nSPS) is 26.4. The molecular formula is C28H50N6O12. The number of hydrogen-bond acceptors (Lipinski definition) is 13. The lowest BCUT2D eigenvalue weighted by Gasteiger charge is -2.40. The molecule has 0 spiro atoms. The van der Waals surface area contributed by atoms with Crippen molar-refractivity contribution in [2.45, 2.75) is 56.7 Å². The van der Waals surface area contributed by atoms with E-state index in [9.17, 15) is 54.6 Å². The van der Waals surface area contributed by atoms with Crippen LogP contribution in [-0.2, 0) is 28.7 Å². The molecule has 0 aliphatic carbocycles. The Morgan fingerprint density at radius 1 is 0.630 bits per heavy atom. The summed E-state index contributed by atoms with van der Waals surface area (Å²) < 4.78 is 5.60. The van der Waals surface area contributed by atoms with Crippen molar-refractivity contribution >= 4 is 29.7 Å². The van der Waals surface area contributed by atoms with E-state index < -0.39 is 60.2 Å². The lowest BCUT2D eigenvalue weighted by molar-refractivity contribution is -0.219. The summed E-state index contributed by atoms with van der Waals surface area (Å²) in [4.78, 5) is 66.5. The van der Waals surface area contributed by atoms with Gasteiger partial charge >= 0.3 is 17.9 Å². The van der Waals surface area contributed by atoms with Crippen molar-refractivity contribution < 1.29 is 59.3 Å². The molecule has 2 saturated heterocycles. The van der Waals surface area contributed by atoms with Gasteiger partial charge in [0.15, 0.2) is 6.10 Å². The Morgan fingerprint density at radius 3 is 1.48 bits per heavy atom. The first-order chi connectivity index (χ1) is 21.8.